The average Bonchev–Trinajstić information content (AvgIpc) is 3.49. The van der Waals surface area contributed by atoms with Crippen molar-refractivity contribution in [3.63, 3.8) is 0 Å². The third-order valence-corrected chi connectivity index (χ3v) is 6.74. The number of methoxy groups -OCH3 is 1. The lowest BCUT2D eigenvalue weighted by Crippen LogP contribution is -2.42. The molecule has 1 heterocycles. The number of carbonyl (C=O) groups is 1. The monoisotopic (exact) mass is 491 g/mol. The van der Waals surface area contributed by atoms with E-state index in [1.165, 1.54) is 25.3 Å². The van der Waals surface area contributed by atoms with E-state index in [1.807, 2.05) is 26.0 Å². The molecule has 0 unspecified atom stereocenters. The van der Waals surface area contributed by atoms with E-state index in [4.69, 9.17) is 9.47 Å². The van der Waals surface area contributed by atoms with E-state index < -0.39 is 18.0 Å². The molecule has 1 saturated carbocycles. The van der Waals surface area contributed by atoms with Gasteiger partial charge in [0.2, 0.25) is 5.91 Å². The zero-order chi connectivity index (χ0) is 25.4. The summed E-state index contributed by atoms with van der Waals surface area (Å²) >= 11 is 0. The molecule has 1 aliphatic rings. The number of fused-ring (bicyclic) bond motifs is 1. The zero-order valence-corrected chi connectivity index (χ0v) is 20.3. The Labute approximate surface area is 207 Å². The van der Waals surface area contributed by atoms with Crippen LogP contribution in [0.15, 0.2) is 66.9 Å². The number of benzene rings is 3. The SMILES string of the molecule is COc1ccc([C@H](Oc2ccc3c(cnn3-c3ccc(F)cc3)c2)[C@H](C)NC(=O)C2(C)CC2)cc1F. The van der Waals surface area contributed by atoms with E-state index in [0.717, 1.165) is 29.4 Å². The molecule has 5 rings (SSSR count). The molecule has 186 valence electrons. The number of carbonyl (C=O) groups excluding carboxylic acids is 1. The average molecular weight is 492 g/mol. The molecule has 8 heteroatoms. The molecular formula is C28H27F2N3O3. The van der Waals surface area contributed by atoms with Gasteiger partial charge in [-0.05, 0) is 79.9 Å². The van der Waals surface area contributed by atoms with E-state index in [1.54, 1.807) is 41.2 Å². The molecule has 2 atom stereocenters. The third-order valence-electron chi connectivity index (χ3n) is 6.74. The second kappa shape index (κ2) is 9.26. The van der Waals surface area contributed by atoms with Crippen LogP contribution in [-0.2, 0) is 4.79 Å². The summed E-state index contributed by atoms with van der Waals surface area (Å²) in [5.41, 5.74) is 1.78. The Morgan fingerprint density at radius 1 is 1.08 bits per heavy atom. The predicted molar refractivity (Wildman–Crippen MR) is 132 cm³/mol. The zero-order valence-electron chi connectivity index (χ0n) is 20.3. The number of hydrogen-bond acceptors (Lipinski definition) is 4. The van der Waals surface area contributed by atoms with Crippen molar-refractivity contribution in [2.45, 2.75) is 38.8 Å². The number of nitrogens with one attached hydrogen (secondary N) is 1. The van der Waals surface area contributed by atoms with E-state index in [9.17, 15) is 13.6 Å². The molecular weight excluding hydrogens is 464 g/mol. The van der Waals surface area contributed by atoms with Crippen LogP contribution < -0.4 is 14.8 Å². The number of halogens is 2. The summed E-state index contributed by atoms with van der Waals surface area (Å²) in [7, 11) is 1.41. The minimum atomic E-state index is -0.652. The first-order valence-corrected chi connectivity index (χ1v) is 11.8. The first-order chi connectivity index (χ1) is 17.3. The highest BCUT2D eigenvalue weighted by Gasteiger charge is 2.45. The summed E-state index contributed by atoms with van der Waals surface area (Å²) in [5, 5.41) is 8.30. The molecule has 0 spiro atoms. The molecule has 1 N–H and O–H groups in total. The van der Waals surface area contributed by atoms with Crippen LogP contribution in [0.5, 0.6) is 11.5 Å². The molecule has 1 fully saturated rings. The summed E-state index contributed by atoms with van der Waals surface area (Å²) in [6.07, 6.45) is 2.75. The number of hydrogen-bond donors (Lipinski definition) is 1. The fourth-order valence-electron chi connectivity index (χ4n) is 4.21. The van der Waals surface area contributed by atoms with Gasteiger partial charge in [0.05, 0.1) is 30.6 Å². The lowest BCUT2D eigenvalue weighted by molar-refractivity contribution is -0.127. The summed E-state index contributed by atoms with van der Waals surface area (Å²) in [4.78, 5) is 12.7. The second-order valence-electron chi connectivity index (χ2n) is 9.51. The summed E-state index contributed by atoms with van der Waals surface area (Å²) in [6, 6.07) is 15.8. The lowest BCUT2D eigenvalue weighted by Gasteiger charge is -2.28. The van der Waals surface area contributed by atoms with Gasteiger partial charge in [-0.1, -0.05) is 13.0 Å². The van der Waals surface area contributed by atoms with E-state index in [0.29, 0.717) is 11.3 Å². The van der Waals surface area contributed by atoms with Crippen molar-refractivity contribution in [2.24, 2.45) is 5.41 Å². The van der Waals surface area contributed by atoms with Gasteiger partial charge in [0, 0.05) is 10.8 Å². The Morgan fingerprint density at radius 3 is 2.50 bits per heavy atom. The molecule has 3 aromatic carbocycles. The maximum absolute atomic E-state index is 14.6. The van der Waals surface area contributed by atoms with Gasteiger partial charge in [0.25, 0.3) is 0 Å². The molecule has 0 radical (unpaired) electrons. The Morgan fingerprint density at radius 2 is 1.83 bits per heavy atom. The fraction of sp³-hybridized carbons (Fsp3) is 0.286. The molecule has 1 aromatic heterocycles. The number of ether oxygens (including phenoxy) is 2. The first kappa shape index (κ1) is 23.8. The Hall–Kier alpha value is -3.94. The fourth-order valence-corrected chi connectivity index (χ4v) is 4.21. The van der Waals surface area contributed by atoms with Crippen molar-refractivity contribution in [1.29, 1.82) is 0 Å². The number of aromatic nitrogens is 2. The summed E-state index contributed by atoms with van der Waals surface area (Å²) < 4.78 is 41.0. The highest BCUT2D eigenvalue weighted by atomic mass is 19.1. The number of nitrogens with zero attached hydrogens (tertiary/aromatic N) is 2. The van der Waals surface area contributed by atoms with Crippen LogP contribution in [0.3, 0.4) is 0 Å². The standard InChI is InChI=1S/C28H27F2N3O3/c1-17(32-27(34)28(2)12-13-28)26(18-4-11-25(35-3)23(30)15-18)36-22-9-10-24-19(14-22)16-31-33(24)21-7-5-20(29)6-8-21/h4-11,14-17,26H,12-13H2,1-3H3,(H,32,34)/t17-,26+/m0/s1. The van der Waals surface area contributed by atoms with Gasteiger partial charge >= 0.3 is 0 Å². The van der Waals surface area contributed by atoms with Gasteiger partial charge in [-0.3, -0.25) is 4.79 Å². The van der Waals surface area contributed by atoms with Crippen molar-refractivity contribution in [3.05, 3.63) is 84.1 Å². The maximum Gasteiger partial charge on any atom is 0.226 e. The summed E-state index contributed by atoms with van der Waals surface area (Å²) in [6.45, 7) is 3.78. The predicted octanol–water partition coefficient (Wildman–Crippen LogP) is 5.74. The van der Waals surface area contributed by atoms with Crippen molar-refractivity contribution >= 4 is 16.8 Å². The largest absolute Gasteiger partial charge is 0.494 e. The van der Waals surface area contributed by atoms with Gasteiger partial charge in [-0.15, -0.1) is 0 Å². The van der Waals surface area contributed by atoms with E-state index in [-0.39, 0.29) is 22.9 Å². The van der Waals surface area contributed by atoms with Crippen molar-refractivity contribution in [2.75, 3.05) is 7.11 Å². The van der Waals surface area contributed by atoms with Crippen molar-refractivity contribution in [3.8, 4) is 17.2 Å². The molecule has 6 nitrogen and oxygen atoms in total. The summed E-state index contributed by atoms with van der Waals surface area (Å²) in [5.74, 6) is -0.180. The molecule has 0 bridgehead atoms. The van der Waals surface area contributed by atoms with Gasteiger partial charge in [0.1, 0.15) is 17.7 Å². The minimum absolute atomic E-state index is 0.0337. The van der Waals surface area contributed by atoms with Gasteiger partial charge < -0.3 is 14.8 Å². The molecule has 0 aliphatic heterocycles. The normalized spacial score (nSPS) is 15.8. The van der Waals surface area contributed by atoms with Crippen LogP contribution in [-0.4, -0.2) is 28.8 Å². The Balaban J connectivity index is 1.45. The third kappa shape index (κ3) is 4.63. The molecule has 0 saturated heterocycles. The highest BCUT2D eigenvalue weighted by molar-refractivity contribution is 5.85. The quantitative estimate of drug-likeness (QED) is 0.342. The van der Waals surface area contributed by atoms with Gasteiger partial charge in [-0.25, -0.2) is 13.5 Å². The Kier molecular flexibility index (Phi) is 6.12. The van der Waals surface area contributed by atoms with Crippen LogP contribution in [0.2, 0.25) is 0 Å². The molecule has 1 aliphatic carbocycles. The Bertz CT molecular complexity index is 1410. The highest BCUT2D eigenvalue weighted by Crippen LogP contribution is 2.45. The van der Waals surface area contributed by atoms with Crippen LogP contribution in [0.4, 0.5) is 8.78 Å². The molecule has 36 heavy (non-hydrogen) atoms. The van der Waals surface area contributed by atoms with Crippen molar-refractivity contribution < 1.29 is 23.0 Å². The van der Waals surface area contributed by atoms with E-state index in [2.05, 4.69) is 10.4 Å². The second-order valence-corrected chi connectivity index (χ2v) is 9.51. The van der Waals surface area contributed by atoms with E-state index >= 15 is 0 Å². The maximum atomic E-state index is 14.6. The lowest BCUT2D eigenvalue weighted by atomic mass is 10.0. The van der Waals surface area contributed by atoms with Crippen LogP contribution in [0, 0.1) is 17.0 Å². The number of amides is 1. The minimum Gasteiger partial charge on any atom is -0.494 e. The van der Waals surface area contributed by atoms with Crippen LogP contribution in [0.25, 0.3) is 16.6 Å². The van der Waals surface area contributed by atoms with Gasteiger partial charge in [-0.2, -0.15) is 5.10 Å². The smallest absolute Gasteiger partial charge is 0.226 e. The van der Waals surface area contributed by atoms with Crippen LogP contribution >= 0.6 is 0 Å². The van der Waals surface area contributed by atoms with Crippen LogP contribution in [0.1, 0.15) is 38.4 Å². The molecule has 1 amide bonds. The van der Waals surface area contributed by atoms with Crippen molar-refractivity contribution in [1.82, 2.24) is 15.1 Å². The van der Waals surface area contributed by atoms with Gasteiger partial charge in [0.15, 0.2) is 11.6 Å². The topological polar surface area (TPSA) is 65.4 Å². The number of rotatable bonds is 8. The first-order valence-electron chi connectivity index (χ1n) is 11.8. The molecule has 4 aromatic rings.